The first kappa shape index (κ1) is 14.4. The lowest BCUT2D eigenvalue weighted by atomic mass is 10.2. The van der Waals surface area contributed by atoms with Crippen molar-refractivity contribution in [2.45, 2.75) is 13.8 Å². The van der Waals surface area contributed by atoms with Crippen molar-refractivity contribution in [3.63, 3.8) is 0 Å². The summed E-state index contributed by atoms with van der Waals surface area (Å²) in [7, 11) is 0. The highest BCUT2D eigenvalue weighted by molar-refractivity contribution is 9.10. The van der Waals surface area contributed by atoms with Crippen molar-refractivity contribution in [1.82, 2.24) is 20.2 Å². The number of ether oxygens (including phenoxy) is 1. The molecule has 0 aliphatic heterocycles. The molecule has 104 valence electrons. The maximum Gasteiger partial charge on any atom is 0.357 e. The molecule has 1 aromatic carbocycles. The Morgan fingerprint density at radius 3 is 2.65 bits per heavy atom. The average Bonchev–Trinajstić information content (AvgIpc) is 2.84. The molecule has 0 atom stereocenters. The molecule has 20 heavy (non-hydrogen) atoms. The summed E-state index contributed by atoms with van der Waals surface area (Å²) in [5.41, 5.74) is 1.13. The van der Waals surface area contributed by atoms with E-state index in [1.165, 1.54) is 4.68 Å². The fourth-order valence-corrected chi connectivity index (χ4v) is 1.85. The molecule has 0 unspecified atom stereocenters. The second-order valence-electron chi connectivity index (χ2n) is 3.94. The third kappa shape index (κ3) is 3.30. The van der Waals surface area contributed by atoms with Gasteiger partial charge in [0, 0.05) is 4.47 Å². The predicted molar refractivity (Wildman–Crippen MR) is 77.5 cm³/mol. The summed E-state index contributed by atoms with van der Waals surface area (Å²) < 4.78 is 7.37. The molecule has 0 radical (unpaired) electrons. The summed E-state index contributed by atoms with van der Waals surface area (Å²) in [5.74, 6) is 0.0484. The molecule has 0 fully saturated rings. The lowest BCUT2D eigenvalue weighted by Crippen LogP contribution is -2.14. The Hall–Kier alpha value is -2.02. The maximum atomic E-state index is 12.0. The summed E-state index contributed by atoms with van der Waals surface area (Å²) in [6.45, 7) is 3.76. The number of rotatable bonds is 4. The van der Waals surface area contributed by atoms with Gasteiger partial charge in [-0.2, -0.15) is 4.68 Å². The Morgan fingerprint density at radius 1 is 1.40 bits per heavy atom. The van der Waals surface area contributed by atoms with Crippen molar-refractivity contribution in [3.05, 3.63) is 40.1 Å². The summed E-state index contributed by atoms with van der Waals surface area (Å²) in [6, 6.07) is 7.54. The number of tetrazole rings is 1. The normalized spacial score (nSPS) is 11.4. The van der Waals surface area contributed by atoms with E-state index in [1.54, 1.807) is 19.9 Å². The number of benzene rings is 1. The Kier molecular flexibility index (Phi) is 4.62. The van der Waals surface area contributed by atoms with Crippen LogP contribution in [0, 0.1) is 6.92 Å². The van der Waals surface area contributed by atoms with Gasteiger partial charge in [-0.25, -0.2) is 4.79 Å². The number of aromatic nitrogens is 4. The Bertz CT molecular complexity index is 634. The average molecular weight is 337 g/mol. The van der Waals surface area contributed by atoms with Crippen molar-refractivity contribution in [3.8, 4) is 0 Å². The van der Waals surface area contributed by atoms with Crippen LogP contribution in [-0.2, 0) is 9.53 Å². The highest BCUT2D eigenvalue weighted by atomic mass is 79.9. The van der Waals surface area contributed by atoms with Crippen molar-refractivity contribution < 1.29 is 9.53 Å². The van der Waals surface area contributed by atoms with Crippen molar-refractivity contribution in [2.24, 2.45) is 0 Å². The van der Waals surface area contributed by atoms with Gasteiger partial charge in [-0.1, -0.05) is 28.1 Å². The van der Waals surface area contributed by atoms with Crippen LogP contribution < -0.4 is 0 Å². The highest BCUT2D eigenvalue weighted by Gasteiger charge is 2.17. The largest absolute Gasteiger partial charge is 0.461 e. The van der Waals surface area contributed by atoms with Crippen LogP contribution in [-0.4, -0.2) is 32.8 Å². The second kappa shape index (κ2) is 6.42. The van der Waals surface area contributed by atoms with Crippen LogP contribution in [0.5, 0.6) is 0 Å². The number of esters is 1. The number of nitrogens with zero attached hydrogens (tertiary/aromatic N) is 4. The summed E-state index contributed by atoms with van der Waals surface area (Å²) in [6.07, 6.45) is 1.69. The van der Waals surface area contributed by atoms with E-state index in [4.69, 9.17) is 4.74 Å². The van der Waals surface area contributed by atoms with Gasteiger partial charge in [0.05, 0.1) is 6.61 Å². The molecule has 0 N–H and O–H groups in total. The molecule has 0 saturated carbocycles. The molecule has 0 aliphatic rings. The number of carbonyl (C=O) groups is 1. The van der Waals surface area contributed by atoms with Crippen LogP contribution >= 0.6 is 15.9 Å². The van der Waals surface area contributed by atoms with E-state index in [2.05, 4.69) is 31.5 Å². The van der Waals surface area contributed by atoms with Crippen molar-refractivity contribution in [1.29, 1.82) is 0 Å². The van der Waals surface area contributed by atoms with Crippen LogP contribution in [0.2, 0.25) is 0 Å². The van der Waals surface area contributed by atoms with Crippen LogP contribution in [0.4, 0.5) is 0 Å². The van der Waals surface area contributed by atoms with Gasteiger partial charge in [-0.3, -0.25) is 0 Å². The minimum atomic E-state index is -0.467. The molecule has 1 heterocycles. The van der Waals surface area contributed by atoms with E-state index in [9.17, 15) is 4.79 Å². The zero-order valence-electron chi connectivity index (χ0n) is 11.1. The van der Waals surface area contributed by atoms with E-state index in [0.717, 1.165) is 10.0 Å². The summed E-state index contributed by atoms with van der Waals surface area (Å²) in [4.78, 5) is 12.0. The van der Waals surface area contributed by atoms with Crippen LogP contribution in [0.15, 0.2) is 28.7 Å². The van der Waals surface area contributed by atoms with Gasteiger partial charge in [-0.15, -0.1) is 5.10 Å². The molecule has 0 amide bonds. The number of carbonyl (C=O) groups excluding carboxylic acids is 1. The van der Waals surface area contributed by atoms with E-state index >= 15 is 0 Å². The maximum absolute atomic E-state index is 12.0. The molecule has 1 aromatic heterocycles. The quantitative estimate of drug-likeness (QED) is 0.632. The van der Waals surface area contributed by atoms with Crippen LogP contribution in [0.1, 0.15) is 18.3 Å². The molecule has 0 bridgehead atoms. The number of aryl methyl sites for hydroxylation is 1. The van der Waals surface area contributed by atoms with Gasteiger partial charge in [-0.05, 0) is 48.0 Å². The van der Waals surface area contributed by atoms with E-state index < -0.39 is 5.97 Å². The Morgan fingerprint density at radius 2 is 2.10 bits per heavy atom. The Balaban J connectivity index is 2.43. The zero-order chi connectivity index (χ0) is 14.5. The van der Waals surface area contributed by atoms with Gasteiger partial charge in [0.1, 0.15) is 0 Å². The van der Waals surface area contributed by atoms with E-state index in [-0.39, 0.29) is 12.3 Å². The smallest absolute Gasteiger partial charge is 0.357 e. The van der Waals surface area contributed by atoms with E-state index in [1.807, 2.05) is 24.3 Å². The molecular weight excluding hydrogens is 324 g/mol. The lowest BCUT2D eigenvalue weighted by Gasteiger charge is -2.07. The summed E-state index contributed by atoms with van der Waals surface area (Å²) in [5, 5.41) is 11.1. The van der Waals surface area contributed by atoms with Gasteiger partial charge >= 0.3 is 5.97 Å². The van der Waals surface area contributed by atoms with Gasteiger partial charge < -0.3 is 4.74 Å². The second-order valence-corrected chi connectivity index (χ2v) is 4.86. The van der Waals surface area contributed by atoms with Crippen LogP contribution in [0.25, 0.3) is 11.8 Å². The molecule has 2 aromatic rings. The predicted octanol–water partition coefficient (Wildman–Crippen LogP) is 2.31. The SMILES string of the molecule is CCOC(=O)C(=Cc1ccc(Br)cc1)n1nnnc1C. The number of hydrogen-bond donors (Lipinski definition) is 0. The minimum absolute atomic E-state index is 0.275. The minimum Gasteiger partial charge on any atom is -0.461 e. The molecular formula is C13H13BrN4O2. The third-order valence-electron chi connectivity index (χ3n) is 2.51. The first-order chi connectivity index (χ1) is 9.61. The lowest BCUT2D eigenvalue weighted by molar-refractivity contribution is -0.136. The van der Waals surface area contributed by atoms with Crippen LogP contribution in [0.3, 0.4) is 0 Å². The monoisotopic (exact) mass is 336 g/mol. The topological polar surface area (TPSA) is 69.9 Å². The van der Waals surface area contributed by atoms with Gasteiger partial charge in [0.15, 0.2) is 11.5 Å². The fraction of sp³-hybridized carbons (Fsp3) is 0.231. The molecule has 0 spiro atoms. The Labute approximate surface area is 124 Å². The number of halogens is 1. The molecule has 0 aliphatic carbocycles. The third-order valence-corrected chi connectivity index (χ3v) is 3.04. The van der Waals surface area contributed by atoms with Crippen molar-refractivity contribution in [2.75, 3.05) is 6.61 Å². The first-order valence-corrected chi connectivity index (χ1v) is 6.81. The highest BCUT2D eigenvalue weighted by Crippen LogP contribution is 2.16. The molecule has 6 nitrogen and oxygen atoms in total. The fourth-order valence-electron chi connectivity index (χ4n) is 1.58. The van der Waals surface area contributed by atoms with Gasteiger partial charge in [0.25, 0.3) is 0 Å². The zero-order valence-corrected chi connectivity index (χ0v) is 12.7. The van der Waals surface area contributed by atoms with E-state index in [0.29, 0.717) is 5.82 Å². The molecule has 7 heteroatoms. The van der Waals surface area contributed by atoms with Crippen molar-refractivity contribution >= 4 is 33.7 Å². The number of hydrogen-bond acceptors (Lipinski definition) is 5. The first-order valence-electron chi connectivity index (χ1n) is 6.01. The molecule has 2 rings (SSSR count). The standard InChI is InChI=1S/C13H13BrN4O2/c1-3-20-13(19)12(18-9(2)15-16-17-18)8-10-4-6-11(14)7-5-10/h4-8H,3H2,1-2H3. The molecule has 0 saturated heterocycles. The van der Waals surface area contributed by atoms with Gasteiger partial charge in [0.2, 0.25) is 0 Å². The summed E-state index contributed by atoms with van der Waals surface area (Å²) >= 11 is 3.37.